The second kappa shape index (κ2) is 18.6. The van der Waals surface area contributed by atoms with Crippen molar-refractivity contribution in [2.45, 2.75) is 6.54 Å². The zero-order chi connectivity index (χ0) is 50.6. The first-order valence-corrected chi connectivity index (χ1v) is 18.2. The maximum Gasteiger partial charge on any atom is 0.296 e. The second-order valence-corrected chi connectivity index (χ2v) is 14.1. The van der Waals surface area contributed by atoms with Crippen LogP contribution in [0.25, 0.3) is 10.9 Å². The average molecular weight is 986 g/mol. The van der Waals surface area contributed by atoms with Crippen LogP contribution in [0.15, 0.2) is 66.7 Å². The molecule has 0 aliphatic carbocycles. The van der Waals surface area contributed by atoms with E-state index in [1.807, 2.05) is 65.2 Å². The van der Waals surface area contributed by atoms with Gasteiger partial charge in [-0.3, -0.25) is 14.9 Å². The lowest BCUT2D eigenvalue weighted by Crippen LogP contribution is -2.81. The van der Waals surface area contributed by atoms with Crippen LogP contribution in [0.1, 0.15) is 16.1 Å². The van der Waals surface area contributed by atoms with Crippen molar-refractivity contribution in [1.29, 1.82) is 0 Å². The molecule has 0 aliphatic rings. The molecule has 0 aliphatic heterocycles. The van der Waals surface area contributed by atoms with Gasteiger partial charge in [0.2, 0.25) is 5.52 Å². The Labute approximate surface area is 364 Å². The van der Waals surface area contributed by atoms with Gasteiger partial charge < -0.3 is 0 Å². The molecule has 0 saturated carbocycles. The van der Waals surface area contributed by atoms with Gasteiger partial charge >= 0.3 is 0 Å². The highest BCUT2D eigenvalue weighted by Crippen LogP contribution is 2.31. The first-order valence-electron chi connectivity index (χ1n) is 18.2. The number of Topliss-reactive ketones (excluding diaryl/α,β-unsaturated/α-hetero) is 1. The number of rotatable bonds is 9. The van der Waals surface area contributed by atoms with Crippen molar-refractivity contribution in [1.82, 2.24) is 0 Å². The number of benzene rings is 6. The Hall–Kier alpha value is -7.54. The minimum Gasteiger partial charge on any atom is -0.280 e. The summed E-state index contributed by atoms with van der Waals surface area (Å²) < 4.78 is 296. The number of carbonyl (C=O) groups excluding carboxylic acids is 1. The second-order valence-electron chi connectivity index (χ2n) is 14.1. The fraction of sp³-hybridized carbons (Fsp3) is 0.0476. The number of halogens is 20. The summed E-state index contributed by atoms with van der Waals surface area (Å²) in [7, 11) is 0. The van der Waals surface area contributed by atoms with Gasteiger partial charge in [0.1, 0.15) is 52.7 Å². The third-order valence-electron chi connectivity index (χ3n) is 10.4. The topological polar surface area (TPSA) is 64.1 Å². The zero-order valence-electron chi connectivity index (χ0n) is 32.5. The molecule has 0 bridgehead atoms. The first-order chi connectivity index (χ1) is 31.8. The Bertz CT molecular complexity index is 2870. The van der Waals surface area contributed by atoms with Gasteiger partial charge in [-0.05, 0) is 12.1 Å². The molecule has 6 aromatic carbocycles. The number of para-hydroxylation sites is 1. The van der Waals surface area contributed by atoms with Gasteiger partial charge in [0.05, 0.1) is 0 Å². The van der Waals surface area contributed by atoms with Crippen LogP contribution in [0.3, 0.4) is 0 Å². The number of hydrogen-bond donors (Lipinski definition) is 0. The van der Waals surface area contributed by atoms with Crippen molar-refractivity contribution in [3.8, 4) is 0 Å². The lowest BCUT2D eigenvalue weighted by molar-refractivity contribution is -0.664. The molecule has 0 radical (unpaired) electrons. The zero-order valence-corrected chi connectivity index (χ0v) is 32.5. The summed E-state index contributed by atoms with van der Waals surface area (Å²) >= 11 is 0. The molecule has 1 aromatic heterocycles. The predicted molar refractivity (Wildman–Crippen MR) is 195 cm³/mol. The normalized spacial score (nSPS) is 11.5. The van der Waals surface area contributed by atoms with Crippen LogP contribution in [0, 0.1) is 126 Å². The molecule has 0 atom stereocenters. The van der Waals surface area contributed by atoms with Gasteiger partial charge in [0, 0.05) is 28.0 Å². The van der Waals surface area contributed by atoms with Crippen LogP contribution in [-0.2, 0) is 6.54 Å². The molecular formula is C42H15BF20N2O3. The third kappa shape index (κ3) is 7.89. The Kier molecular flexibility index (Phi) is 13.7. The maximum atomic E-state index is 15.4. The SMILES string of the molecule is Fc1c(F)c(F)c([B-](c2c(F)c(F)c(F)c(F)c2F)(c2c(F)c(F)c(F)c(F)c2F)c2c(F)c(F)c(F)c(F)c2F)c(F)c1F.O=C(C[N+](=O)[O-])c1ccc2ccccc2[n+]1Cc1ccccc1. The number of ketones is 1. The monoisotopic (exact) mass is 986 g/mol. The van der Waals surface area contributed by atoms with E-state index in [1.54, 1.807) is 6.07 Å². The van der Waals surface area contributed by atoms with Crippen LogP contribution >= 0.6 is 0 Å². The van der Waals surface area contributed by atoms with Crippen molar-refractivity contribution in [2.75, 3.05) is 6.54 Å². The Balaban J connectivity index is 0.000000276. The van der Waals surface area contributed by atoms with Gasteiger partial charge in [-0.15, -0.1) is 21.9 Å². The molecule has 26 heteroatoms. The van der Waals surface area contributed by atoms with Gasteiger partial charge in [-0.25, -0.2) is 87.8 Å². The number of pyridine rings is 1. The van der Waals surface area contributed by atoms with Crippen molar-refractivity contribution >= 4 is 44.7 Å². The van der Waals surface area contributed by atoms with E-state index < -0.39 is 162 Å². The van der Waals surface area contributed by atoms with E-state index in [0.717, 1.165) is 16.5 Å². The van der Waals surface area contributed by atoms with Crippen LogP contribution in [-0.4, -0.2) is 23.4 Å². The Morgan fingerprint density at radius 3 is 1.03 bits per heavy atom. The lowest BCUT2D eigenvalue weighted by atomic mass is 9.12. The van der Waals surface area contributed by atoms with E-state index in [2.05, 4.69) is 0 Å². The van der Waals surface area contributed by atoms with Crippen molar-refractivity contribution in [2.24, 2.45) is 0 Å². The van der Waals surface area contributed by atoms with Crippen LogP contribution in [0.5, 0.6) is 0 Å². The number of nitrogens with zero attached hydrogens (tertiary/aromatic N) is 2. The van der Waals surface area contributed by atoms with Crippen LogP contribution < -0.4 is 26.4 Å². The fourth-order valence-corrected chi connectivity index (χ4v) is 7.52. The molecule has 354 valence electrons. The average Bonchev–Trinajstić information content (AvgIpc) is 3.31. The molecule has 1 heterocycles. The van der Waals surface area contributed by atoms with Crippen molar-refractivity contribution in [3.63, 3.8) is 0 Å². The highest BCUT2D eigenvalue weighted by Gasteiger charge is 2.52. The van der Waals surface area contributed by atoms with E-state index in [4.69, 9.17) is 0 Å². The summed E-state index contributed by atoms with van der Waals surface area (Å²) in [6.07, 6.45) is -7.22. The largest absolute Gasteiger partial charge is 0.296 e. The summed E-state index contributed by atoms with van der Waals surface area (Å²) in [6, 6.07) is 20.9. The molecule has 7 rings (SSSR count). The summed E-state index contributed by atoms with van der Waals surface area (Å²) in [4.78, 5) is 22.3. The summed E-state index contributed by atoms with van der Waals surface area (Å²) in [5.74, 6) is -71.9. The molecule has 5 nitrogen and oxygen atoms in total. The van der Waals surface area contributed by atoms with E-state index >= 15 is 35.1 Å². The minimum absolute atomic E-state index is 0.351. The summed E-state index contributed by atoms with van der Waals surface area (Å²) in [6.45, 7) is -0.214. The molecule has 0 amide bonds. The van der Waals surface area contributed by atoms with E-state index in [9.17, 15) is 67.6 Å². The third-order valence-corrected chi connectivity index (χ3v) is 10.4. The van der Waals surface area contributed by atoms with Gasteiger partial charge in [-0.1, -0.05) is 42.5 Å². The smallest absolute Gasteiger partial charge is 0.280 e. The lowest BCUT2D eigenvalue weighted by Gasteiger charge is -2.44. The molecule has 68 heavy (non-hydrogen) atoms. The number of hydrogen-bond acceptors (Lipinski definition) is 3. The highest BCUT2D eigenvalue weighted by atomic mass is 19.2. The summed E-state index contributed by atoms with van der Waals surface area (Å²) in [5.41, 5.74) is -12.1. The minimum atomic E-state index is -7.22. The molecular weight excluding hydrogens is 971 g/mol. The molecule has 0 fully saturated rings. The van der Waals surface area contributed by atoms with E-state index in [0.29, 0.717) is 12.2 Å². The van der Waals surface area contributed by atoms with Gasteiger partial charge in [0.15, 0.2) is 76.4 Å². The van der Waals surface area contributed by atoms with Crippen molar-refractivity contribution < 1.29 is 102 Å². The standard InChI is InChI=1S/C24BF20.C18H15N2O3/c26-5-1(6(27)14(35)21(42)13(5)34)25(2-7(28)15(36)22(43)16(37)8(2)29,3-9(30)17(38)23(44)18(39)10(3)31)4-11(32)19(40)24(45)20(41)12(4)33;21-18(13-20(22)23)17-11-10-15-8-4-5-9-16(15)19(17)12-14-6-2-1-3-7-14/h;1-11H,12-13H2/q-1;+1. The molecule has 7 aromatic rings. The molecule has 0 N–H and O–H groups in total. The molecule has 0 saturated heterocycles. The number of aromatic nitrogens is 1. The van der Waals surface area contributed by atoms with Crippen LogP contribution in [0.4, 0.5) is 87.8 Å². The number of fused-ring (bicyclic) bond motifs is 1. The molecule has 0 spiro atoms. The Morgan fingerprint density at radius 2 is 0.706 bits per heavy atom. The van der Waals surface area contributed by atoms with Crippen LogP contribution in [0.2, 0.25) is 0 Å². The summed E-state index contributed by atoms with van der Waals surface area (Å²) in [5, 5.41) is 11.7. The molecule has 0 unspecified atom stereocenters. The quantitative estimate of drug-likeness (QED) is 0.0213. The Morgan fingerprint density at radius 1 is 0.412 bits per heavy atom. The van der Waals surface area contributed by atoms with Gasteiger partial charge in [0.25, 0.3) is 18.0 Å². The van der Waals surface area contributed by atoms with E-state index in [-0.39, 0.29) is 0 Å². The number of nitro groups is 1. The predicted octanol–water partition coefficient (Wildman–Crippen LogP) is 8.48. The number of carbonyl (C=O) groups is 1. The van der Waals surface area contributed by atoms with Crippen molar-refractivity contribution in [3.05, 3.63) is 204 Å². The highest BCUT2D eigenvalue weighted by molar-refractivity contribution is 7.20. The van der Waals surface area contributed by atoms with Gasteiger partial charge in [-0.2, -0.15) is 4.57 Å². The first kappa shape index (κ1) is 49.9. The fourth-order valence-electron chi connectivity index (χ4n) is 7.52. The maximum absolute atomic E-state index is 15.4. The van der Waals surface area contributed by atoms with E-state index in [1.165, 1.54) is 0 Å².